The third kappa shape index (κ3) is 7.77. The lowest BCUT2D eigenvalue weighted by molar-refractivity contribution is -0.138. The van der Waals surface area contributed by atoms with Crippen LogP contribution in [0.15, 0.2) is 11.9 Å². The smallest absolute Gasteiger partial charge is 0.320 e. The molecule has 15 heavy (non-hydrogen) atoms. The lowest BCUT2D eigenvalue weighted by atomic mass is 10.1. The van der Waals surface area contributed by atoms with Crippen molar-refractivity contribution in [3.8, 4) is 0 Å². The van der Waals surface area contributed by atoms with Crippen LogP contribution in [0.5, 0.6) is 0 Å². The number of aliphatic carboxylic acids is 1. The first-order valence-corrected chi connectivity index (χ1v) is 4.60. The van der Waals surface area contributed by atoms with Crippen LogP contribution >= 0.6 is 0 Å². The Morgan fingerprint density at radius 1 is 1.67 bits per heavy atom. The molecular weight excluding hydrogens is 201 g/mol. The maximum Gasteiger partial charge on any atom is 0.320 e. The van der Waals surface area contributed by atoms with Gasteiger partial charge in [-0.15, -0.1) is 0 Å². The van der Waals surface area contributed by atoms with Crippen molar-refractivity contribution in [2.75, 3.05) is 13.1 Å². The number of hydrogen-bond donors (Lipinski definition) is 4. The molecule has 0 aromatic rings. The minimum absolute atomic E-state index is 0.0533. The van der Waals surface area contributed by atoms with Gasteiger partial charge in [-0.05, 0) is 12.8 Å². The van der Waals surface area contributed by atoms with Crippen molar-refractivity contribution in [2.24, 2.45) is 5.73 Å². The Hall–Kier alpha value is -1.27. The lowest BCUT2D eigenvalue weighted by Gasteiger charge is -2.03. The number of carbonyl (C=O) groups is 1. The second-order valence-corrected chi connectivity index (χ2v) is 3.01. The zero-order valence-electron chi connectivity index (χ0n) is 8.37. The zero-order valence-corrected chi connectivity index (χ0v) is 8.37. The van der Waals surface area contributed by atoms with Gasteiger partial charge in [0.05, 0.1) is 0 Å². The monoisotopic (exact) mass is 217 g/mol. The molecule has 0 aromatic heterocycles. The third-order valence-corrected chi connectivity index (χ3v) is 1.70. The maximum atomic E-state index is 12.9. The van der Waals surface area contributed by atoms with Crippen LogP contribution in [0.2, 0.25) is 0 Å². The van der Waals surface area contributed by atoms with Gasteiger partial charge in [-0.2, -0.15) is 0 Å². The molecule has 0 bridgehead atoms. The van der Waals surface area contributed by atoms with Crippen LogP contribution in [0.4, 0.5) is 4.39 Å². The molecule has 86 valence electrons. The molecule has 0 radical (unpaired) electrons. The van der Waals surface area contributed by atoms with Gasteiger partial charge in [0, 0.05) is 19.3 Å². The Bertz CT molecular complexity index is 244. The first-order valence-electron chi connectivity index (χ1n) is 4.60. The summed E-state index contributed by atoms with van der Waals surface area (Å²) < 4.78 is 12.9. The number of carboxylic acid groups (broad SMARTS) is 1. The van der Waals surface area contributed by atoms with E-state index in [0.29, 0.717) is 13.0 Å². The average molecular weight is 217 g/mol. The SMILES string of the molecule is N=CCNC/C(F)=C\CC[C@@H](N)C(=O)O. The average Bonchev–Trinajstić information content (AvgIpc) is 2.18. The van der Waals surface area contributed by atoms with Crippen molar-refractivity contribution < 1.29 is 14.3 Å². The van der Waals surface area contributed by atoms with Crippen LogP contribution in [0.25, 0.3) is 0 Å². The van der Waals surface area contributed by atoms with Crippen LogP contribution in [0.1, 0.15) is 12.8 Å². The Kier molecular flexibility index (Phi) is 7.39. The van der Waals surface area contributed by atoms with Crippen molar-refractivity contribution >= 4 is 12.2 Å². The van der Waals surface area contributed by atoms with E-state index < -0.39 is 12.0 Å². The summed E-state index contributed by atoms with van der Waals surface area (Å²) in [7, 11) is 0. The maximum absolute atomic E-state index is 12.9. The summed E-state index contributed by atoms with van der Waals surface area (Å²) in [5.74, 6) is -1.44. The number of carboxylic acids is 1. The van der Waals surface area contributed by atoms with E-state index in [-0.39, 0.29) is 18.8 Å². The molecule has 0 spiro atoms. The molecule has 0 aliphatic carbocycles. The van der Waals surface area contributed by atoms with E-state index in [0.717, 1.165) is 6.21 Å². The molecule has 5 nitrogen and oxygen atoms in total. The van der Waals surface area contributed by atoms with Gasteiger partial charge in [-0.1, -0.05) is 6.08 Å². The van der Waals surface area contributed by atoms with Crippen molar-refractivity contribution in [1.29, 1.82) is 5.41 Å². The van der Waals surface area contributed by atoms with Crippen molar-refractivity contribution in [3.63, 3.8) is 0 Å². The third-order valence-electron chi connectivity index (χ3n) is 1.70. The van der Waals surface area contributed by atoms with Gasteiger partial charge < -0.3 is 21.6 Å². The summed E-state index contributed by atoms with van der Waals surface area (Å²) in [6.45, 7) is 0.369. The topological polar surface area (TPSA) is 99.2 Å². The van der Waals surface area contributed by atoms with Gasteiger partial charge in [0.15, 0.2) is 0 Å². The molecule has 0 unspecified atom stereocenters. The van der Waals surface area contributed by atoms with Gasteiger partial charge in [-0.25, -0.2) is 4.39 Å². The standard InChI is InChI=1S/C9H16FN3O2/c10-7(6-13-5-4-11)2-1-3-8(12)9(14)15/h2,4,8,11,13H,1,3,5-6,12H2,(H,14,15)/b7-2+,11-4?/t8-/m1/s1. The highest BCUT2D eigenvalue weighted by molar-refractivity contribution is 5.72. The van der Waals surface area contributed by atoms with Gasteiger partial charge in [0.1, 0.15) is 11.9 Å². The molecule has 0 aliphatic rings. The van der Waals surface area contributed by atoms with Crippen molar-refractivity contribution in [2.45, 2.75) is 18.9 Å². The minimum atomic E-state index is -1.08. The molecule has 0 fully saturated rings. The molecule has 0 saturated carbocycles. The van der Waals surface area contributed by atoms with Crippen LogP contribution in [0.3, 0.4) is 0 Å². The summed E-state index contributed by atoms with van der Waals surface area (Å²) in [6, 6.07) is -0.941. The summed E-state index contributed by atoms with van der Waals surface area (Å²) in [5, 5.41) is 17.8. The van der Waals surface area contributed by atoms with Crippen molar-refractivity contribution in [3.05, 3.63) is 11.9 Å². The molecule has 5 N–H and O–H groups in total. The van der Waals surface area contributed by atoms with E-state index in [2.05, 4.69) is 5.32 Å². The number of nitrogens with two attached hydrogens (primary N) is 1. The molecule has 0 aliphatic heterocycles. The van der Waals surface area contributed by atoms with Crippen LogP contribution in [-0.4, -0.2) is 36.4 Å². The van der Waals surface area contributed by atoms with Crippen LogP contribution < -0.4 is 11.1 Å². The number of rotatable bonds is 8. The fourth-order valence-corrected chi connectivity index (χ4v) is 0.879. The molecule has 6 heteroatoms. The van der Waals surface area contributed by atoms with E-state index in [1.54, 1.807) is 0 Å². The zero-order chi connectivity index (χ0) is 11.7. The van der Waals surface area contributed by atoms with Crippen LogP contribution in [0, 0.1) is 5.41 Å². The summed E-state index contributed by atoms with van der Waals surface area (Å²) in [5.41, 5.74) is 5.23. The predicted octanol–water partition coefficient (Wildman–Crippen LogP) is 0.271. The highest BCUT2D eigenvalue weighted by atomic mass is 19.1. The van der Waals surface area contributed by atoms with E-state index in [1.807, 2.05) is 0 Å². The van der Waals surface area contributed by atoms with Crippen LogP contribution in [-0.2, 0) is 4.79 Å². The first kappa shape index (κ1) is 13.7. The van der Waals surface area contributed by atoms with Gasteiger partial charge in [0.2, 0.25) is 0 Å². The highest BCUT2D eigenvalue weighted by Gasteiger charge is 2.09. The quantitative estimate of drug-likeness (QED) is 0.346. The summed E-state index contributed by atoms with van der Waals surface area (Å²) in [6.07, 6.45) is 2.95. The molecule has 0 saturated heterocycles. The Balaban J connectivity index is 3.66. The van der Waals surface area contributed by atoms with E-state index >= 15 is 0 Å². The molecule has 0 aromatic carbocycles. The fraction of sp³-hybridized carbons (Fsp3) is 0.556. The lowest BCUT2D eigenvalue weighted by Crippen LogP contribution is -2.29. The second-order valence-electron chi connectivity index (χ2n) is 3.01. The normalized spacial score (nSPS) is 13.6. The van der Waals surface area contributed by atoms with E-state index in [9.17, 15) is 9.18 Å². The molecule has 0 amide bonds. The second kappa shape index (κ2) is 8.07. The number of allylic oxidation sites excluding steroid dienone is 1. The van der Waals surface area contributed by atoms with Gasteiger partial charge in [-0.3, -0.25) is 4.79 Å². The Morgan fingerprint density at radius 3 is 2.87 bits per heavy atom. The molecule has 1 atom stereocenters. The van der Waals surface area contributed by atoms with Gasteiger partial charge >= 0.3 is 5.97 Å². The molecule has 0 rings (SSSR count). The van der Waals surface area contributed by atoms with Gasteiger partial charge in [0.25, 0.3) is 0 Å². The van der Waals surface area contributed by atoms with E-state index in [4.69, 9.17) is 16.2 Å². The molecular formula is C9H16FN3O2. The fourth-order valence-electron chi connectivity index (χ4n) is 0.879. The number of nitrogens with one attached hydrogen (secondary N) is 2. The summed E-state index contributed by atoms with van der Waals surface area (Å²) >= 11 is 0. The minimum Gasteiger partial charge on any atom is -0.480 e. The predicted molar refractivity (Wildman–Crippen MR) is 55.7 cm³/mol. The Morgan fingerprint density at radius 2 is 2.33 bits per heavy atom. The largest absolute Gasteiger partial charge is 0.480 e. The van der Waals surface area contributed by atoms with E-state index in [1.165, 1.54) is 6.08 Å². The number of halogens is 1. The van der Waals surface area contributed by atoms with Crippen molar-refractivity contribution in [1.82, 2.24) is 5.32 Å². The number of hydrogen-bond acceptors (Lipinski definition) is 4. The highest BCUT2D eigenvalue weighted by Crippen LogP contribution is 2.01. The first-order chi connectivity index (χ1) is 7.07. The summed E-state index contributed by atoms with van der Waals surface area (Å²) in [4.78, 5) is 10.3. The molecule has 0 heterocycles. The Labute approximate surface area is 87.7 Å².